The van der Waals surface area contributed by atoms with E-state index < -0.39 is 0 Å². The Balaban J connectivity index is 1.58. The molecule has 1 N–H and O–H groups in total. The van der Waals surface area contributed by atoms with Gasteiger partial charge in [0, 0.05) is 45.8 Å². The molecule has 0 bridgehead atoms. The number of hydrogen-bond donors (Lipinski definition) is 1. The largest absolute Gasteiger partial charge is 0.493 e. The third-order valence-electron chi connectivity index (χ3n) is 5.04. The lowest BCUT2D eigenvalue weighted by Gasteiger charge is -2.22. The van der Waals surface area contributed by atoms with Crippen LogP contribution in [0.1, 0.15) is 36.8 Å². The predicted molar refractivity (Wildman–Crippen MR) is 111 cm³/mol. The van der Waals surface area contributed by atoms with E-state index in [2.05, 4.69) is 39.5 Å². The van der Waals surface area contributed by atoms with E-state index >= 15 is 0 Å². The summed E-state index contributed by atoms with van der Waals surface area (Å²) in [6, 6.07) is 6.06. The number of guanidine groups is 1. The number of benzene rings is 1. The van der Waals surface area contributed by atoms with Crippen LogP contribution in [-0.4, -0.2) is 54.5 Å². The van der Waals surface area contributed by atoms with Gasteiger partial charge in [-0.2, -0.15) is 5.10 Å². The molecule has 152 valence electrons. The molecule has 1 unspecified atom stereocenters. The van der Waals surface area contributed by atoms with Crippen molar-refractivity contribution in [1.82, 2.24) is 20.0 Å². The smallest absolute Gasteiger partial charge is 0.193 e. The molecule has 1 saturated heterocycles. The van der Waals surface area contributed by atoms with E-state index in [-0.39, 0.29) is 0 Å². The first-order valence-corrected chi connectivity index (χ1v) is 9.88. The molecule has 0 aliphatic carbocycles. The van der Waals surface area contributed by atoms with Crippen molar-refractivity contribution >= 4 is 5.96 Å². The molecular formula is C21H31N5O2. The van der Waals surface area contributed by atoms with E-state index in [1.165, 1.54) is 5.56 Å². The molecule has 1 aromatic carbocycles. The van der Waals surface area contributed by atoms with Crippen LogP contribution in [0.25, 0.3) is 0 Å². The van der Waals surface area contributed by atoms with Gasteiger partial charge in [-0.3, -0.25) is 9.67 Å². The Morgan fingerprint density at radius 3 is 2.89 bits per heavy atom. The second-order valence-electron chi connectivity index (χ2n) is 7.11. The molecule has 1 aromatic heterocycles. The lowest BCUT2D eigenvalue weighted by atomic mass is 10.0. The van der Waals surface area contributed by atoms with Crippen molar-refractivity contribution in [3.05, 3.63) is 41.7 Å². The lowest BCUT2D eigenvalue weighted by Crippen LogP contribution is -2.39. The van der Waals surface area contributed by atoms with Crippen LogP contribution in [0.4, 0.5) is 0 Å². The zero-order valence-electron chi connectivity index (χ0n) is 17.3. The highest BCUT2D eigenvalue weighted by atomic mass is 16.5. The van der Waals surface area contributed by atoms with Gasteiger partial charge < -0.3 is 19.7 Å². The molecule has 1 atom stereocenters. The van der Waals surface area contributed by atoms with Crippen molar-refractivity contribution in [2.75, 3.05) is 33.9 Å². The zero-order chi connectivity index (χ0) is 19.9. The van der Waals surface area contributed by atoms with Gasteiger partial charge in [-0.05, 0) is 36.1 Å². The normalized spacial score (nSPS) is 17.1. The van der Waals surface area contributed by atoms with Crippen molar-refractivity contribution in [3.8, 4) is 11.5 Å². The van der Waals surface area contributed by atoms with Gasteiger partial charge in [-0.15, -0.1) is 0 Å². The Hall–Kier alpha value is -2.70. The van der Waals surface area contributed by atoms with Crippen molar-refractivity contribution < 1.29 is 9.47 Å². The van der Waals surface area contributed by atoms with Crippen LogP contribution in [0.5, 0.6) is 11.5 Å². The molecule has 0 radical (unpaired) electrons. The number of methoxy groups -OCH3 is 1. The van der Waals surface area contributed by atoms with E-state index in [0.29, 0.717) is 19.1 Å². The summed E-state index contributed by atoms with van der Waals surface area (Å²) >= 11 is 0. The van der Waals surface area contributed by atoms with Gasteiger partial charge in [0.25, 0.3) is 0 Å². The summed E-state index contributed by atoms with van der Waals surface area (Å²) in [4.78, 5) is 6.79. The highest BCUT2D eigenvalue weighted by Crippen LogP contribution is 2.29. The van der Waals surface area contributed by atoms with Crippen LogP contribution in [0.15, 0.2) is 35.6 Å². The monoisotopic (exact) mass is 385 g/mol. The second kappa shape index (κ2) is 9.48. The summed E-state index contributed by atoms with van der Waals surface area (Å²) in [6.07, 6.45) is 6.17. The minimum Gasteiger partial charge on any atom is -0.493 e. The molecule has 1 aliphatic rings. The Bertz CT molecular complexity index is 802. The van der Waals surface area contributed by atoms with Gasteiger partial charge in [-0.25, -0.2) is 0 Å². The molecule has 2 aromatic rings. The molecule has 1 aliphatic heterocycles. The maximum atomic E-state index is 5.73. The Kier molecular flexibility index (Phi) is 6.79. The number of ether oxygens (including phenoxy) is 2. The van der Waals surface area contributed by atoms with Crippen LogP contribution >= 0.6 is 0 Å². The van der Waals surface area contributed by atoms with E-state index in [1.54, 1.807) is 7.11 Å². The Morgan fingerprint density at radius 2 is 2.21 bits per heavy atom. The first-order chi connectivity index (χ1) is 13.6. The average Bonchev–Trinajstić information content (AvgIpc) is 3.36. The molecule has 0 saturated carbocycles. The highest BCUT2D eigenvalue weighted by Gasteiger charge is 2.26. The fourth-order valence-corrected chi connectivity index (χ4v) is 3.54. The van der Waals surface area contributed by atoms with Crippen LogP contribution in [0.2, 0.25) is 0 Å². The molecule has 0 amide bonds. The summed E-state index contributed by atoms with van der Waals surface area (Å²) in [5, 5.41) is 7.78. The fourth-order valence-electron chi connectivity index (χ4n) is 3.54. The highest BCUT2D eigenvalue weighted by molar-refractivity contribution is 5.80. The van der Waals surface area contributed by atoms with Gasteiger partial charge in [0.15, 0.2) is 17.5 Å². The number of rotatable bonds is 7. The SMILES string of the molecule is CCCOc1ccc(CNC(=NC)N2CCC(c3cnn(C)c3)C2)cc1OC. The van der Waals surface area contributed by atoms with Gasteiger partial charge in [0.1, 0.15) is 0 Å². The van der Waals surface area contributed by atoms with E-state index in [9.17, 15) is 0 Å². The van der Waals surface area contributed by atoms with Crippen LogP contribution in [-0.2, 0) is 13.6 Å². The number of aryl methyl sites for hydroxylation is 1. The maximum Gasteiger partial charge on any atom is 0.193 e. The topological polar surface area (TPSA) is 63.9 Å². The fraction of sp³-hybridized carbons (Fsp3) is 0.524. The van der Waals surface area contributed by atoms with E-state index in [0.717, 1.165) is 49.0 Å². The molecule has 2 heterocycles. The number of aliphatic imine (C=N–C) groups is 1. The Labute approximate surface area is 167 Å². The van der Waals surface area contributed by atoms with Crippen molar-refractivity contribution in [2.45, 2.75) is 32.2 Å². The summed E-state index contributed by atoms with van der Waals surface area (Å²) in [5.41, 5.74) is 2.43. The summed E-state index contributed by atoms with van der Waals surface area (Å²) in [5.74, 6) is 2.98. The van der Waals surface area contributed by atoms with Crippen molar-refractivity contribution in [1.29, 1.82) is 0 Å². The molecular weight excluding hydrogens is 354 g/mol. The number of likely N-dealkylation sites (tertiary alicyclic amines) is 1. The summed E-state index contributed by atoms with van der Waals surface area (Å²) in [6.45, 7) is 5.41. The zero-order valence-corrected chi connectivity index (χ0v) is 17.3. The first kappa shape index (κ1) is 20.0. The standard InChI is InChI=1S/C21H31N5O2/c1-5-10-28-19-7-6-16(11-20(19)27-4)12-23-21(22-2)26-9-8-17(15-26)18-13-24-25(3)14-18/h6-7,11,13-14,17H,5,8-10,12,15H2,1-4H3,(H,22,23). The first-order valence-electron chi connectivity index (χ1n) is 9.88. The summed E-state index contributed by atoms with van der Waals surface area (Å²) < 4.78 is 13.1. The van der Waals surface area contributed by atoms with Gasteiger partial charge >= 0.3 is 0 Å². The number of nitrogens with one attached hydrogen (secondary N) is 1. The van der Waals surface area contributed by atoms with Crippen LogP contribution in [0.3, 0.4) is 0 Å². The predicted octanol–water partition coefficient (Wildman–Crippen LogP) is 2.78. The van der Waals surface area contributed by atoms with Crippen LogP contribution in [0, 0.1) is 0 Å². The minimum absolute atomic E-state index is 0.502. The number of hydrogen-bond acceptors (Lipinski definition) is 4. The second-order valence-corrected chi connectivity index (χ2v) is 7.11. The third-order valence-corrected chi connectivity index (χ3v) is 5.04. The van der Waals surface area contributed by atoms with Crippen molar-refractivity contribution in [2.24, 2.45) is 12.0 Å². The molecule has 28 heavy (non-hydrogen) atoms. The Morgan fingerprint density at radius 1 is 1.36 bits per heavy atom. The van der Waals surface area contributed by atoms with Gasteiger partial charge in [0.2, 0.25) is 0 Å². The maximum absolute atomic E-state index is 5.73. The average molecular weight is 386 g/mol. The molecule has 1 fully saturated rings. The minimum atomic E-state index is 0.502. The van der Waals surface area contributed by atoms with Crippen LogP contribution < -0.4 is 14.8 Å². The van der Waals surface area contributed by atoms with Gasteiger partial charge in [0.05, 0.1) is 19.9 Å². The van der Waals surface area contributed by atoms with Crippen molar-refractivity contribution in [3.63, 3.8) is 0 Å². The number of nitrogens with zero attached hydrogens (tertiary/aromatic N) is 4. The molecule has 3 rings (SSSR count). The van der Waals surface area contributed by atoms with E-state index in [1.807, 2.05) is 37.1 Å². The summed E-state index contributed by atoms with van der Waals surface area (Å²) in [7, 11) is 5.47. The molecule has 7 nitrogen and oxygen atoms in total. The lowest BCUT2D eigenvalue weighted by molar-refractivity contribution is 0.294. The number of aromatic nitrogens is 2. The third kappa shape index (κ3) is 4.77. The van der Waals surface area contributed by atoms with Gasteiger partial charge in [-0.1, -0.05) is 13.0 Å². The quantitative estimate of drug-likeness (QED) is 0.587. The molecule has 7 heteroatoms. The van der Waals surface area contributed by atoms with E-state index in [4.69, 9.17) is 9.47 Å². The molecule has 0 spiro atoms.